The average Bonchev–Trinajstić information content (AvgIpc) is 2.47. The van der Waals surface area contributed by atoms with E-state index in [-0.39, 0.29) is 54.6 Å². The molecule has 0 unspecified atom stereocenters. The van der Waals surface area contributed by atoms with E-state index in [1.165, 1.54) is 12.1 Å². The van der Waals surface area contributed by atoms with Crippen LogP contribution in [0.4, 0.5) is 0 Å². The first-order valence-electron chi connectivity index (χ1n) is 6.60. The first-order valence-corrected chi connectivity index (χ1v) is 6.60. The molecule has 1 aromatic rings. The van der Waals surface area contributed by atoms with Gasteiger partial charge in [-0.1, -0.05) is 12.1 Å². The number of benzene rings is 1. The van der Waals surface area contributed by atoms with Gasteiger partial charge in [-0.25, -0.2) is 0 Å². The van der Waals surface area contributed by atoms with E-state index >= 15 is 0 Å². The number of phenolic OH excluding ortho intramolecular Hbond substituents is 1. The number of hydrogen-bond donors (Lipinski definition) is 6. The Morgan fingerprint density at radius 3 is 1.75 bits per heavy atom. The van der Waals surface area contributed by atoms with E-state index in [2.05, 4.69) is 0 Å². The summed E-state index contributed by atoms with van der Waals surface area (Å²) >= 11 is 0. The van der Waals surface area contributed by atoms with Crippen molar-refractivity contribution in [1.82, 2.24) is 0 Å². The van der Waals surface area contributed by atoms with Gasteiger partial charge in [0.15, 0.2) is 0 Å². The molecule has 10 heteroatoms. The van der Waals surface area contributed by atoms with Gasteiger partial charge in [-0.15, -0.1) is 0 Å². The van der Waals surface area contributed by atoms with Crippen LogP contribution < -0.4 is 11.5 Å². The monoisotopic (exact) mass is 352 g/mol. The predicted molar refractivity (Wildman–Crippen MR) is 87.1 cm³/mol. The normalized spacial score (nSPS) is 11.9. The molecule has 0 heterocycles. The van der Waals surface area contributed by atoms with Gasteiger partial charge in [0, 0.05) is 6.42 Å². The minimum atomic E-state index is -1.17. The number of phenols is 1. The van der Waals surface area contributed by atoms with E-state index in [1.807, 2.05) is 0 Å². The van der Waals surface area contributed by atoms with Gasteiger partial charge in [0.2, 0.25) is 0 Å². The van der Waals surface area contributed by atoms with Crippen molar-refractivity contribution in [3.8, 4) is 5.75 Å². The Kier molecular flexibility index (Phi) is 13.1. The number of rotatable bonds is 7. The Bertz CT molecular complexity index is 536. The van der Waals surface area contributed by atoms with Crippen LogP contribution >= 0.6 is 0 Å². The second-order valence-corrected chi connectivity index (χ2v) is 4.69. The van der Waals surface area contributed by atoms with E-state index in [9.17, 15) is 14.4 Å². The van der Waals surface area contributed by atoms with Crippen LogP contribution in [0, 0.1) is 0 Å². The van der Waals surface area contributed by atoms with E-state index < -0.39 is 30.0 Å². The molecule has 1 aromatic carbocycles. The molecule has 0 bridgehead atoms. The molecular weight excluding hydrogens is 331 g/mol. The Balaban J connectivity index is 0. The van der Waals surface area contributed by atoms with Crippen LogP contribution in [0.5, 0.6) is 5.75 Å². The third-order valence-electron chi connectivity index (χ3n) is 2.70. The van der Waals surface area contributed by atoms with Gasteiger partial charge in [0.1, 0.15) is 17.8 Å². The third-order valence-corrected chi connectivity index (χ3v) is 2.70. The van der Waals surface area contributed by atoms with Crippen LogP contribution in [0.1, 0.15) is 18.4 Å². The predicted octanol–water partition coefficient (Wildman–Crippen LogP) is -1.04. The Morgan fingerprint density at radius 1 is 0.917 bits per heavy atom. The molecule has 1 rings (SSSR count). The van der Waals surface area contributed by atoms with Crippen LogP contribution in [0.2, 0.25) is 0 Å². The number of hydrogen-bond acceptors (Lipinski definition) is 6. The van der Waals surface area contributed by atoms with E-state index in [1.54, 1.807) is 12.1 Å². The number of nitrogens with two attached hydrogens (primary N) is 2. The second-order valence-electron chi connectivity index (χ2n) is 4.69. The van der Waals surface area contributed by atoms with Crippen LogP contribution in [-0.4, -0.2) is 80.0 Å². The summed E-state index contributed by atoms with van der Waals surface area (Å²) in [6.45, 7) is 0. The quantitative estimate of drug-likeness (QED) is 0.333. The molecule has 0 aromatic heterocycles. The Morgan fingerprint density at radius 2 is 1.38 bits per heavy atom. The molecule has 8 N–H and O–H groups in total. The molecule has 130 valence electrons. The molecule has 9 nitrogen and oxygen atoms in total. The molecule has 0 spiro atoms. The van der Waals surface area contributed by atoms with E-state index in [0.717, 1.165) is 5.56 Å². The molecule has 0 fully saturated rings. The van der Waals surface area contributed by atoms with Crippen molar-refractivity contribution >= 4 is 47.5 Å². The van der Waals surface area contributed by atoms with E-state index in [4.69, 9.17) is 31.9 Å². The van der Waals surface area contributed by atoms with Crippen molar-refractivity contribution in [2.24, 2.45) is 11.5 Å². The molecular formula is C14H21N2NaO7. The van der Waals surface area contributed by atoms with Crippen molar-refractivity contribution in [2.45, 2.75) is 31.3 Å². The van der Waals surface area contributed by atoms with Crippen molar-refractivity contribution in [3.05, 3.63) is 29.8 Å². The molecule has 0 saturated heterocycles. The summed E-state index contributed by atoms with van der Waals surface area (Å²) in [5.41, 5.74) is 11.1. The molecule has 0 saturated carbocycles. The van der Waals surface area contributed by atoms with Gasteiger partial charge < -0.3 is 31.9 Å². The molecule has 24 heavy (non-hydrogen) atoms. The maximum atomic E-state index is 10.4. The number of carboxylic acid groups (broad SMARTS) is 3. The summed E-state index contributed by atoms with van der Waals surface area (Å²) in [5, 5.41) is 33.7. The Hall–Kier alpha value is -1.65. The molecule has 2 atom stereocenters. The second kappa shape index (κ2) is 12.7. The molecule has 0 aliphatic heterocycles. The van der Waals surface area contributed by atoms with Crippen molar-refractivity contribution in [3.63, 3.8) is 0 Å². The van der Waals surface area contributed by atoms with Crippen LogP contribution in [0.25, 0.3) is 0 Å². The zero-order chi connectivity index (χ0) is 18.0. The topological polar surface area (TPSA) is 184 Å². The first kappa shape index (κ1) is 24.6. The number of carbonyl (C=O) groups is 3. The Labute approximate surface area is 160 Å². The number of carboxylic acids is 3. The zero-order valence-electron chi connectivity index (χ0n) is 12.3. The number of aliphatic carboxylic acids is 3. The van der Waals surface area contributed by atoms with Crippen molar-refractivity contribution in [2.75, 3.05) is 0 Å². The fraction of sp³-hybridized carbons (Fsp3) is 0.357. The molecule has 0 radical (unpaired) electrons. The third kappa shape index (κ3) is 11.9. The summed E-state index contributed by atoms with van der Waals surface area (Å²) in [6.07, 6.45) is 0.0494. The summed E-state index contributed by atoms with van der Waals surface area (Å²) in [7, 11) is 0. The standard InChI is InChI=1S/C9H11NO3.C5H9NO4.Na.H/c10-8(9(12)13)5-6-1-3-7(11)4-2-6;6-3(5(9)10)1-2-4(7)8;;/h1-4,8,11H,5,10H2,(H,12,13);3H,1-2,6H2,(H,7,8)(H,9,10);;/t8-;3-;;/m00../s1. The SMILES string of the molecule is N[C@@H](CCC(=O)O)C(=O)O.N[C@@H](Cc1ccc(O)cc1)C(=O)O.[NaH]. The van der Waals surface area contributed by atoms with Gasteiger partial charge in [-0.2, -0.15) is 0 Å². The number of aromatic hydroxyl groups is 1. The van der Waals surface area contributed by atoms with E-state index in [0.29, 0.717) is 0 Å². The fourth-order valence-corrected chi connectivity index (χ4v) is 1.38. The van der Waals surface area contributed by atoms with Gasteiger partial charge in [-0.3, -0.25) is 14.4 Å². The zero-order valence-corrected chi connectivity index (χ0v) is 12.3. The summed E-state index contributed by atoms with van der Waals surface area (Å²) < 4.78 is 0. The first-order chi connectivity index (χ1) is 10.6. The summed E-state index contributed by atoms with van der Waals surface area (Å²) in [5.74, 6) is -3.06. The summed E-state index contributed by atoms with van der Waals surface area (Å²) in [6, 6.07) is 4.37. The minimum absolute atomic E-state index is 0. The summed E-state index contributed by atoms with van der Waals surface area (Å²) in [4.78, 5) is 30.3. The maximum absolute atomic E-state index is 10.4. The average molecular weight is 352 g/mol. The van der Waals surface area contributed by atoms with Crippen LogP contribution in [0.3, 0.4) is 0 Å². The van der Waals surface area contributed by atoms with Crippen molar-refractivity contribution < 1.29 is 34.8 Å². The van der Waals surface area contributed by atoms with Crippen LogP contribution in [-0.2, 0) is 20.8 Å². The molecule has 0 aliphatic carbocycles. The van der Waals surface area contributed by atoms with Gasteiger partial charge in [0.05, 0.1) is 0 Å². The van der Waals surface area contributed by atoms with Gasteiger partial charge in [-0.05, 0) is 30.5 Å². The van der Waals surface area contributed by atoms with Gasteiger partial charge >= 0.3 is 47.5 Å². The van der Waals surface area contributed by atoms with Crippen molar-refractivity contribution in [1.29, 1.82) is 0 Å². The molecule has 0 amide bonds. The van der Waals surface area contributed by atoms with Gasteiger partial charge in [0.25, 0.3) is 0 Å². The molecule has 0 aliphatic rings. The fourth-order valence-electron chi connectivity index (χ4n) is 1.38. The van der Waals surface area contributed by atoms with Crippen LogP contribution in [0.15, 0.2) is 24.3 Å².